The minimum absolute atomic E-state index is 0.469. The Hall–Kier alpha value is -0.680. The van der Waals surface area contributed by atoms with Crippen LogP contribution < -0.4 is 5.30 Å². The molecule has 0 aromatic heterocycles. The van der Waals surface area contributed by atoms with Gasteiger partial charge in [-0.2, -0.15) is 0 Å². The fourth-order valence-corrected chi connectivity index (χ4v) is 3.43. The van der Waals surface area contributed by atoms with Gasteiger partial charge in [0.1, 0.15) is 5.78 Å². The van der Waals surface area contributed by atoms with Crippen LogP contribution in [0.5, 0.6) is 0 Å². The average molecular weight is 306 g/mol. The Labute approximate surface area is 133 Å². The molecule has 1 aliphatic carbocycles. The molecular formula is C19H31OP. The molecule has 118 valence electrons. The highest BCUT2D eigenvalue weighted by atomic mass is 31.0. The number of hydrogen-bond acceptors (Lipinski definition) is 1. The van der Waals surface area contributed by atoms with E-state index in [0.29, 0.717) is 5.78 Å². The van der Waals surface area contributed by atoms with Crippen LogP contribution in [-0.2, 0) is 11.2 Å². The quantitative estimate of drug-likeness (QED) is 0.730. The zero-order valence-electron chi connectivity index (χ0n) is 14.1. The summed E-state index contributed by atoms with van der Waals surface area (Å²) in [6.45, 7) is 8.90. The first-order chi connectivity index (χ1) is 9.95. The maximum Gasteiger partial charge on any atom is 0.132 e. The molecule has 2 rings (SSSR count). The molecular weight excluding hydrogens is 275 g/mol. The third-order valence-corrected chi connectivity index (χ3v) is 5.02. The van der Waals surface area contributed by atoms with Crippen LogP contribution in [0, 0.1) is 18.8 Å². The zero-order valence-corrected chi connectivity index (χ0v) is 15.3. The zero-order chi connectivity index (χ0) is 15.8. The second kappa shape index (κ2) is 9.36. The molecule has 0 saturated heterocycles. The van der Waals surface area contributed by atoms with Crippen molar-refractivity contribution >= 4 is 20.3 Å². The monoisotopic (exact) mass is 306 g/mol. The van der Waals surface area contributed by atoms with Crippen molar-refractivity contribution in [3.8, 4) is 0 Å². The molecule has 0 spiro atoms. The van der Waals surface area contributed by atoms with Crippen LogP contribution in [-0.4, -0.2) is 5.78 Å². The summed E-state index contributed by atoms with van der Waals surface area (Å²) in [7, 11) is 2.79. The van der Waals surface area contributed by atoms with Crippen molar-refractivity contribution in [2.75, 3.05) is 0 Å². The van der Waals surface area contributed by atoms with Crippen molar-refractivity contribution in [1.29, 1.82) is 0 Å². The second-order valence-corrected chi connectivity index (χ2v) is 7.13. The van der Waals surface area contributed by atoms with E-state index in [9.17, 15) is 4.79 Å². The van der Waals surface area contributed by atoms with Gasteiger partial charge in [0, 0.05) is 12.8 Å². The highest BCUT2D eigenvalue weighted by Gasteiger charge is 2.20. The van der Waals surface area contributed by atoms with E-state index in [1.807, 2.05) is 0 Å². The fraction of sp³-hybridized carbons (Fsp3) is 0.632. The van der Waals surface area contributed by atoms with E-state index in [0.717, 1.165) is 37.5 Å². The minimum atomic E-state index is 0.469. The lowest BCUT2D eigenvalue weighted by molar-refractivity contribution is -0.121. The Morgan fingerprint density at radius 3 is 2.33 bits per heavy atom. The molecule has 0 radical (unpaired) electrons. The van der Waals surface area contributed by atoms with Gasteiger partial charge in [-0.05, 0) is 54.5 Å². The molecule has 1 fully saturated rings. The van der Waals surface area contributed by atoms with Crippen LogP contribution in [0.15, 0.2) is 18.2 Å². The summed E-state index contributed by atoms with van der Waals surface area (Å²) in [6.07, 6.45) is 6.37. The standard InChI is InChI=1S/C10H15P.C9H16O/c1-3-5-9-8(2)6-4-7-10(9)11;1-7(2)8-3-5-9(10)6-4-8/h4,6-7H,3,5,11H2,1-2H3;7-8H,3-6H2,1-2H3. The number of benzene rings is 1. The lowest BCUT2D eigenvalue weighted by Gasteiger charge is -2.23. The van der Waals surface area contributed by atoms with Gasteiger partial charge in [0.25, 0.3) is 0 Å². The highest BCUT2D eigenvalue weighted by Crippen LogP contribution is 2.27. The molecule has 2 heteroatoms. The third kappa shape index (κ3) is 6.30. The van der Waals surface area contributed by atoms with Crippen molar-refractivity contribution in [3.05, 3.63) is 29.3 Å². The topological polar surface area (TPSA) is 17.1 Å². The fourth-order valence-electron chi connectivity index (χ4n) is 2.95. The largest absolute Gasteiger partial charge is 0.300 e. The summed E-state index contributed by atoms with van der Waals surface area (Å²) < 4.78 is 0. The van der Waals surface area contributed by atoms with Gasteiger partial charge < -0.3 is 0 Å². The summed E-state index contributed by atoms with van der Waals surface area (Å²) in [6, 6.07) is 6.44. The van der Waals surface area contributed by atoms with Crippen molar-refractivity contribution in [3.63, 3.8) is 0 Å². The lowest BCUT2D eigenvalue weighted by Crippen LogP contribution is -2.17. The van der Waals surface area contributed by atoms with Crippen LogP contribution in [0.3, 0.4) is 0 Å². The van der Waals surface area contributed by atoms with E-state index in [2.05, 4.69) is 55.1 Å². The molecule has 0 amide bonds. The van der Waals surface area contributed by atoms with E-state index in [4.69, 9.17) is 0 Å². The first-order valence-corrected chi connectivity index (χ1v) is 8.89. The number of carbonyl (C=O) groups excluding carboxylic acids is 1. The first-order valence-electron chi connectivity index (χ1n) is 8.31. The third-order valence-electron chi connectivity index (χ3n) is 4.48. The number of Topliss-reactive ketones (excluding diaryl/α,β-unsaturated/α-hetero) is 1. The van der Waals surface area contributed by atoms with Crippen LogP contribution in [0.25, 0.3) is 0 Å². The van der Waals surface area contributed by atoms with E-state index >= 15 is 0 Å². The van der Waals surface area contributed by atoms with Crippen LogP contribution in [0.4, 0.5) is 0 Å². The summed E-state index contributed by atoms with van der Waals surface area (Å²) in [5, 5.41) is 1.35. The van der Waals surface area contributed by atoms with Crippen LogP contribution >= 0.6 is 9.24 Å². The van der Waals surface area contributed by atoms with Crippen molar-refractivity contribution in [2.24, 2.45) is 11.8 Å². The summed E-state index contributed by atoms with van der Waals surface area (Å²) in [5.41, 5.74) is 2.92. The number of rotatable bonds is 3. The molecule has 1 unspecified atom stereocenters. The Balaban J connectivity index is 0.000000211. The molecule has 0 heterocycles. The molecule has 1 aliphatic rings. The Bertz CT molecular complexity index is 421. The predicted molar refractivity (Wildman–Crippen MR) is 96.3 cm³/mol. The molecule has 0 N–H and O–H groups in total. The summed E-state index contributed by atoms with van der Waals surface area (Å²) in [4.78, 5) is 10.8. The van der Waals surface area contributed by atoms with Gasteiger partial charge in [-0.1, -0.05) is 45.4 Å². The number of hydrogen-bond donors (Lipinski definition) is 0. The summed E-state index contributed by atoms with van der Waals surface area (Å²) >= 11 is 0. The second-order valence-electron chi connectivity index (χ2n) is 6.51. The molecule has 1 aromatic rings. The van der Waals surface area contributed by atoms with E-state index in [1.54, 1.807) is 0 Å². The first kappa shape index (κ1) is 18.4. The van der Waals surface area contributed by atoms with Gasteiger partial charge in [-0.3, -0.25) is 4.79 Å². The van der Waals surface area contributed by atoms with E-state index in [1.165, 1.54) is 29.3 Å². The van der Waals surface area contributed by atoms with Gasteiger partial charge >= 0.3 is 0 Å². The van der Waals surface area contributed by atoms with Crippen molar-refractivity contribution in [2.45, 2.75) is 66.2 Å². The van der Waals surface area contributed by atoms with Gasteiger partial charge in [0.05, 0.1) is 0 Å². The number of aryl methyl sites for hydroxylation is 1. The van der Waals surface area contributed by atoms with Crippen molar-refractivity contribution in [1.82, 2.24) is 0 Å². The van der Waals surface area contributed by atoms with Crippen LogP contribution in [0.1, 0.15) is 64.0 Å². The molecule has 0 bridgehead atoms. The summed E-state index contributed by atoms with van der Waals surface area (Å²) in [5.74, 6) is 2.06. The average Bonchev–Trinajstić information content (AvgIpc) is 2.44. The van der Waals surface area contributed by atoms with Crippen molar-refractivity contribution < 1.29 is 4.79 Å². The number of carbonyl (C=O) groups is 1. The Kier molecular flexibility index (Phi) is 8.19. The van der Waals surface area contributed by atoms with E-state index in [-0.39, 0.29) is 0 Å². The maximum absolute atomic E-state index is 10.8. The maximum atomic E-state index is 10.8. The molecule has 1 nitrogen and oxygen atoms in total. The van der Waals surface area contributed by atoms with Gasteiger partial charge in [0.2, 0.25) is 0 Å². The predicted octanol–water partition coefficient (Wildman–Crippen LogP) is 4.85. The molecule has 21 heavy (non-hydrogen) atoms. The van der Waals surface area contributed by atoms with Gasteiger partial charge in [0.15, 0.2) is 0 Å². The van der Waals surface area contributed by atoms with Crippen LogP contribution in [0.2, 0.25) is 0 Å². The molecule has 0 aliphatic heterocycles. The lowest BCUT2D eigenvalue weighted by atomic mass is 9.81. The van der Waals surface area contributed by atoms with E-state index < -0.39 is 0 Å². The number of ketones is 1. The highest BCUT2D eigenvalue weighted by molar-refractivity contribution is 7.27. The normalized spacial score (nSPS) is 15.8. The van der Waals surface area contributed by atoms with Gasteiger partial charge in [-0.15, -0.1) is 9.24 Å². The molecule has 1 atom stereocenters. The smallest absolute Gasteiger partial charge is 0.132 e. The molecule has 1 saturated carbocycles. The molecule has 1 aromatic carbocycles. The Morgan fingerprint density at radius 2 is 1.86 bits per heavy atom. The SMILES string of the molecule is CC(C)C1CCC(=O)CC1.CCCc1c(C)cccc1P. The Morgan fingerprint density at radius 1 is 1.24 bits per heavy atom. The minimum Gasteiger partial charge on any atom is -0.300 e. The van der Waals surface area contributed by atoms with Gasteiger partial charge in [-0.25, -0.2) is 0 Å².